The molecule has 1 saturated carbocycles. The Morgan fingerprint density at radius 1 is 1.33 bits per heavy atom. The molecule has 1 aliphatic carbocycles. The highest BCUT2D eigenvalue weighted by molar-refractivity contribution is 5.91. The Hall–Kier alpha value is -2.40. The van der Waals surface area contributed by atoms with Gasteiger partial charge in [-0.2, -0.15) is 0 Å². The van der Waals surface area contributed by atoms with Gasteiger partial charge in [-0.25, -0.2) is 4.98 Å². The number of fused-ring (bicyclic) bond motifs is 1. The lowest BCUT2D eigenvalue weighted by Crippen LogP contribution is -2.19. The molecule has 0 amide bonds. The fourth-order valence-corrected chi connectivity index (χ4v) is 2.42. The number of aromatic nitrogens is 2. The Kier molecular flexibility index (Phi) is 2.86. The summed E-state index contributed by atoms with van der Waals surface area (Å²) in [6, 6.07) is 9.85. The lowest BCUT2D eigenvalue weighted by Gasteiger charge is -2.04. The summed E-state index contributed by atoms with van der Waals surface area (Å²) in [6.45, 7) is 0.622. The van der Waals surface area contributed by atoms with Crippen LogP contribution < -0.4 is 10.9 Å². The van der Waals surface area contributed by atoms with Crippen LogP contribution >= 0.6 is 0 Å². The number of hydrogen-bond acceptors (Lipinski definition) is 4. The summed E-state index contributed by atoms with van der Waals surface area (Å²) in [5.74, 6) is 0.556. The molecule has 21 heavy (non-hydrogen) atoms. The first kappa shape index (κ1) is 12.3. The lowest BCUT2D eigenvalue weighted by molar-refractivity contribution is 0.616. The van der Waals surface area contributed by atoms with Gasteiger partial charge in [-0.3, -0.25) is 4.79 Å². The minimum atomic E-state index is -0.141. The second-order valence-corrected chi connectivity index (χ2v) is 5.39. The van der Waals surface area contributed by atoms with Crippen molar-refractivity contribution in [1.29, 1.82) is 0 Å². The molecular weight excluding hydrogens is 266 g/mol. The van der Waals surface area contributed by atoms with Gasteiger partial charge < -0.3 is 14.7 Å². The molecule has 106 valence electrons. The molecule has 5 heteroatoms. The number of rotatable bonds is 4. The first-order chi connectivity index (χ1) is 10.3. The molecule has 0 unspecified atom stereocenters. The number of nitrogens with one attached hydrogen (secondary N) is 2. The highest BCUT2D eigenvalue weighted by Crippen LogP contribution is 2.27. The van der Waals surface area contributed by atoms with Crippen LogP contribution in [0.2, 0.25) is 0 Å². The number of para-hydroxylation sites is 1. The van der Waals surface area contributed by atoms with Crippen LogP contribution in [0.4, 0.5) is 0 Å². The SMILES string of the molecule is O=c1cc(CNC2CC2)nc(-c2coc3ccccc23)[nH]1. The van der Waals surface area contributed by atoms with Crippen molar-refractivity contribution in [3.05, 3.63) is 52.6 Å². The summed E-state index contributed by atoms with van der Waals surface area (Å²) in [6.07, 6.45) is 4.06. The molecule has 0 saturated heterocycles. The average molecular weight is 281 g/mol. The zero-order chi connectivity index (χ0) is 14.2. The van der Waals surface area contributed by atoms with Gasteiger partial charge in [0.15, 0.2) is 0 Å². The number of furan rings is 1. The minimum absolute atomic E-state index is 0.141. The Labute approximate surface area is 121 Å². The van der Waals surface area contributed by atoms with Crippen LogP contribution in [0.25, 0.3) is 22.4 Å². The van der Waals surface area contributed by atoms with Crippen molar-refractivity contribution in [2.45, 2.75) is 25.4 Å². The normalized spacial score (nSPS) is 14.7. The molecule has 0 aliphatic heterocycles. The smallest absolute Gasteiger partial charge is 0.251 e. The second kappa shape index (κ2) is 4.86. The van der Waals surface area contributed by atoms with E-state index in [0.717, 1.165) is 22.2 Å². The monoisotopic (exact) mass is 281 g/mol. The van der Waals surface area contributed by atoms with Gasteiger partial charge in [0.2, 0.25) is 0 Å². The zero-order valence-corrected chi connectivity index (χ0v) is 11.4. The fraction of sp³-hybridized carbons (Fsp3) is 0.250. The Morgan fingerprint density at radius 3 is 3.05 bits per heavy atom. The summed E-state index contributed by atoms with van der Waals surface area (Å²) in [7, 11) is 0. The quantitative estimate of drug-likeness (QED) is 0.770. The third-order valence-corrected chi connectivity index (χ3v) is 3.68. The third kappa shape index (κ3) is 2.48. The number of benzene rings is 1. The Balaban J connectivity index is 1.74. The van der Waals surface area contributed by atoms with Crippen molar-refractivity contribution in [2.75, 3.05) is 0 Å². The van der Waals surface area contributed by atoms with E-state index >= 15 is 0 Å². The maximum absolute atomic E-state index is 11.8. The molecule has 2 N–H and O–H groups in total. The maximum Gasteiger partial charge on any atom is 0.251 e. The van der Waals surface area contributed by atoms with Crippen molar-refractivity contribution >= 4 is 11.0 Å². The summed E-state index contributed by atoms with van der Waals surface area (Å²) in [5.41, 5.74) is 2.22. The molecule has 3 aromatic rings. The van der Waals surface area contributed by atoms with Gasteiger partial charge in [0.1, 0.15) is 17.7 Å². The van der Waals surface area contributed by atoms with Crippen molar-refractivity contribution in [1.82, 2.24) is 15.3 Å². The number of hydrogen-bond donors (Lipinski definition) is 2. The minimum Gasteiger partial charge on any atom is -0.464 e. The summed E-state index contributed by atoms with van der Waals surface area (Å²) in [5, 5.41) is 4.32. The number of nitrogens with zero attached hydrogens (tertiary/aromatic N) is 1. The molecule has 0 spiro atoms. The Bertz CT molecular complexity index is 846. The van der Waals surface area contributed by atoms with Crippen molar-refractivity contribution < 1.29 is 4.42 Å². The van der Waals surface area contributed by atoms with E-state index in [9.17, 15) is 4.79 Å². The van der Waals surface area contributed by atoms with E-state index in [0.29, 0.717) is 18.4 Å². The van der Waals surface area contributed by atoms with Gasteiger partial charge >= 0.3 is 0 Å². The predicted molar refractivity (Wildman–Crippen MR) is 79.9 cm³/mol. The fourth-order valence-electron chi connectivity index (χ4n) is 2.42. The maximum atomic E-state index is 11.8. The lowest BCUT2D eigenvalue weighted by atomic mass is 10.1. The molecule has 1 aliphatic rings. The van der Waals surface area contributed by atoms with Gasteiger partial charge in [-0.1, -0.05) is 18.2 Å². The highest BCUT2D eigenvalue weighted by atomic mass is 16.3. The first-order valence-electron chi connectivity index (χ1n) is 7.10. The van der Waals surface area contributed by atoms with Crippen LogP contribution in [0.1, 0.15) is 18.5 Å². The van der Waals surface area contributed by atoms with Gasteiger partial charge in [0.05, 0.1) is 11.3 Å². The molecule has 0 radical (unpaired) electrons. The molecular formula is C16H15N3O2. The van der Waals surface area contributed by atoms with Crippen LogP contribution in [-0.4, -0.2) is 16.0 Å². The number of H-pyrrole nitrogens is 1. The molecule has 4 rings (SSSR count). The second-order valence-electron chi connectivity index (χ2n) is 5.39. The molecule has 1 aromatic carbocycles. The molecule has 2 heterocycles. The third-order valence-electron chi connectivity index (χ3n) is 3.68. The van der Waals surface area contributed by atoms with E-state index in [1.165, 1.54) is 12.8 Å². The molecule has 0 atom stereocenters. The van der Waals surface area contributed by atoms with Crippen molar-refractivity contribution in [2.24, 2.45) is 0 Å². The van der Waals surface area contributed by atoms with Crippen molar-refractivity contribution in [3.63, 3.8) is 0 Å². The number of aromatic amines is 1. The van der Waals surface area contributed by atoms with E-state index in [4.69, 9.17) is 4.42 Å². The first-order valence-corrected chi connectivity index (χ1v) is 7.10. The standard InChI is InChI=1S/C16H15N3O2/c20-15-7-11(8-17-10-5-6-10)18-16(19-15)13-9-21-14-4-2-1-3-12(13)14/h1-4,7,9-10,17H,5-6,8H2,(H,18,19,20). The van der Waals surface area contributed by atoms with Gasteiger partial charge in [0.25, 0.3) is 5.56 Å². The van der Waals surface area contributed by atoms with Crippen LogP contribution in [-0.2, 0) is 6.54 Å². The van der Waals surface area contributed by atoms with Crippen LogP contribution in [0, 0.1) is 0 Å². The van der Waals surface area contributed by atoms with E-state index in [2.05, 4.69) is 15.3 Å². The van der Waals surface area contributed by atoms with Gasteiger partial charge in [-0.05, 0) is 18.9 Å². The molecule has 5 nitrogen and oxygen atoms in total. The Morgan fingerprint density at radius 2 is 2.19 bits per heavy atom. The topological polar surface area (TPSA) is 70.9 Å². The highest BCUT2D eigenvalue weighted by Gasteiger charge is 2.20. The van der Waals surface area contributed by atoms with Gasteiger partial charge in [0, 0.05) is 24.0 Å². The van der Waals surface area contributed by atoms with Crippen LogP contribution in [0.3, 0.4) is 0 Å². The summed E-state index contributed by atoms with van der Waals surface area (Å²) >= 11 is 0. The van der Waals surface area contributed by atoms with E-state index in [1.807, 2.05) is 24.3 Å². The van der Waals surface area contributed by atoms with Crippen LogP contribution in [0.5, 0.6) is 0 Å². The van der Waals surface area contributed by atoms with Gasteiger partial charge in [-0.15, -0.1) is 0 Å². The molecule has 1 fully saturated rings. The van der Waals surface area contributed by atoms with E-state index < -0.39 is 0 Å². The summed E-state index contributed by atoms with van der Waals surface area (Å²) in [4.78, 5) is 19.2. The van der Waals surface area contributed by atoms with Crippen molar-refractivity contribution in [3.8, 4) is 11.4 Å². The molecule has 0 bridgehead atoms. The average Bonchev–Trinajstić information content (AvgIpc) is 3.22. The zero-order valence-electron chi connectivity index (χ0n) is 11.4. The van der Waals surface area contributed by atoms with Crippen LogP contribution in [0.15, 0.2) is 45.8 Å². The largest absolute Gasteiger partial charge is 0.464 e. The van der Waals surface area contributed by atoms with E-state index in [-0.39, 0.29) is 5.56 Å². The van der Waals surface area contributed by atoms with E-state index in [1.54, 1.807) is 12.3 Å². The summed E-state index contributed by atoms with van der Waals surface area (Å²) < 4.78 is 5.51. The predicted octanol–water partition coefficient (Wildman–Crippen LogP) is 2.44. The molecule has 2 aromatic heterocycles.